The number of amides is 1. The van der Waals surface area contributed by atoms with Crippen LogP contribution >= 0.6 is 23.8 Å². The number of hydrazine groups is 1. The number of rotatable bonds is 5. The van der Waals surface area contributed by atoms with Gasteiger partial charge in [-0.1, -0.05) is 24.6 Å². The summed E-state index contributed by atoms with van der Waals surface area (Å²) in [5.41, 5.74) is 5.92. The Kier molecular flexibility index (Phi) is 6.78. The minimum Gasteiger partial charge on any atom is -0.486 e. The Morgan fingerprint density at radius 1 is 1.18 bits per heavy atom. The maximum Gasteiger partial charge on any atom is 0.279 e. The third-order valence-corrected chi connectivity index (χ3v) is 4.28. The van der Waals surface area contributed by atoms with Crippen molar-refractivity contribution in [1.29, 1.82) is 0 Å². The second-order valence-corrected chi connectivity index (χ2v) is 6.74. The van der Waals surface area contributed by atoms with Gasteiger partial charge < -0.3 is 19.5 Å². The molecule has 0 spiro atoms. The first-order valence-corrected chi connectivity index (χ1v) is 9.52. The fourth-order valence-electron chi connectivity index (χ4n) is 2.51. The van der Waals surface area contributed by atoms with E-state index >= 15 is 0 Å². The maximum atomic E-state index is 12.4. The molecular weight excluding hydrogens is 402 g/mol. The highest BCUT2D eigenvalue weighted by Crippen LogP contribution is 2.32. The molecular formula is C19H20ClN3O4S. The molecule has 1 heterocycles. The Balaban J connectivity index is 1.50. The van der Waals surface area contributed by atoms with Crippen molar-refractivity contribution < 1.29 is 19.0 Å². The third kappa shape index (κ3) is 5.40. The number of hydrogen-bond donors (Lipinski definition) is 3. The largest absolute Gasteiger partial charge is 0.486 e. The van der Waals surface area contributed by atoms with Crippen LogP contribution in [0.1, 0.15) is 13.3 Å². The number of nitrogens with one attached hydrogen (secondary N) is 3. The number of benzene rings is 2. The van der Waals surface area contributed by atoms with Gasteiger partial charge >= 0.3 is 0 Å². The van der Waals surface area contributed by atoms with Crippen molar-refractivity contribution in [3.8, 4) is 17.2 Å². The van der Waals surface area contributed by atoms with Crippen LogP contribution in [0.3, 0.4) is 0 Å². The smallest absolute Gasteiger partial charge is 0.279 e. The molecule has 2 aromatic rings. The lowest BCUT2D eigenvalue weighted by Crippen LogP contribution is -2.49. The lowest BCUT2D eigenvalue weighted by atomic mass is 10.2. The number of hydrogen-bond acceptors (Lipinski definition) is 5. The van der Waals surface area contributed by atoms with Crippen LogP contribution in [0.4, 0.5) is 5.69 Å². The summed E-state index contributed by atoms with van der Waals surface area (Å²) in [5, 5.41) is 3.74. The molecule has 1 aliphatic rings. The van der Waals surface area contributed by atoms with Crippen LogP contribution in [-0.4, -0.2) is 30.3 Å². The molecule has 0 saturated carbocycles. The summed E-state index contributed by atoms with van der Waals surface area (Å²) in [6.45, 7) is 2.88. The van der Waals surface area contributed by atoms with Crippen LogP contribution in [0.2, 0.25) is 5.02 Å². The van der Waals surface area contributed by atoms with E-state index in [-0.39, 0.29) is 11.0 Å². The van der Waals surface area contributed by atoms with E-state index in [1.807, 2.05) is 6.92 Å². The van der Waals surface area contributed by atoms with Gasteiger partial charge in [0.15, 0.2) is 22.7 Å². The predicted molar refractivity (Wildman–Crippen MR) is 111 cm³/mol. The minimum atomic E-state index is -0.692. The molecule has 0 saturated heterocycles. The molecule has 2 aromatic carbocycles. The topological polar surface area (TPSA) is 80.9 Å². The van der Waals surface area contributed by atoms with Crippen LogP contribution in [0.25, 0.3) is 0 Å². The highest BCUT2D eigenvalue weighted by atomic mass is 35.5. The standard InChI is InChI=1S/C19H20ClN3O4S/c1-2-15(27-14-5-3-4-12(20)10-14)18(24)22-23-19(28)21-13-6-7-16-17(11-13)26-9-8-25-16/h3-7,10-11,15H,2,8-9H2,1H3,(H,22,24)(H2,21,23,28)/t15-/m1/s1. The number of halogens is 1. The molecule has 7 nitrogen and oxygen atoms in total. The SMILES string of the molecule is CC[C@@H](Oc1cccc(Cl)c1)C(=O)NNC(=S)Nc1ccc2c(c1)OCCO2. The van der Waals surface area contributed by atoms with Gasteiger partial charge in [0, 0.05) is 16.8 Å². The van der Waals surface area contributed by atoms with Gasteiger partial charge in [-0.2, -0.15) is 0 Å². The van der Waals surface area contributed by atoms with Crippen LogP contribution in [0, 0.1) is 0 Å². The summed E-state index contributed by atoms with van der Waals surface area (Å²) in [5.74, 6) is 1.50. The van der Waals surface area contributed by atoms with Crippen molar-refractivity contribution in [3.63, 3.8) is 0 Å². The van der Waals surface area contributed by atoms with Crippen LogP contribution < -0.4 is 30.4 Å². The molecule has 148 valence electrons. The zero-order valence-electron chi connectivity index (χ0n) is 15.2. The summed E-state index contributed by atoms with van der Waals surface area (Å²) < 4.78 is 16.7. The van der Waals surface area contributed by atoms with Crippen molar-refractivity contribution in [2.24, 2.45) is 0 Å². The molecule has 0 unspecified atom stereocenters. The van der Waals surface area contributed by atoms with E-state index in [4.69, 9.17) is 38.0 Å². The molecule has 1 amide bonds. The highest BCUT2D eigenvalue weighted by molar-refractivity contribution is 7.80. The third-order valence-electron chi connectivity index (χ3n) is 3.84. The van der Waals surface area contributed by atoms with Crippen LogP contribution in [-0.2, 0) is 4.79 Å². The molecule has 0 aromatic heterocycles. The van der Waals surface area contributed by atoms with E-state index in [0.29, 0.717) is 47.6 Å². The van der Waals surface area contributed by atoms with E-state index in [1.54, 1.807) is 42.5 Å². The molecule has 9 heteroatoms. The number of anilines is 1. The molecule has 28 heavy (non-hydrogen) atoms. The fraction of sp³-hybridized carbons (Fsp3) is 0.263. The molecule has 3 rings (SSSR count). The summed E-state index contributed by atoms with van der Waals surface area (Å²) in [4.78, 5) is 12.4. The first-order valence-electron chi connectivity index (χ1n) is 8.74. The molecule has 0 fully saturated rings. The Hall–Kier alpha value is -2.71. The highest BCUT2D eigenvalue weighted by Gasteiger charge is 2.19. The lowest BCUT2D eigenvalue weighted by Gasteiger charge is -2.20. The molecule has 3 N–H and O–H groups in total. The van der Waals surface area contributed by atoms with Gasteiger partial charge in [-0.05, 0) is 49.0 Å². The van der Waals surface area contributed by atoms with Gasteiger partial charge in [0.05, 0.1) is 0 Å². The average Bonchev–Trinajstić information content (AvgIpc) is 2.70. The van der Waals surface area contributed by atoms with E-state index < -0.39 is 6.10 Å². The molecule has 0 radical (unpaired) electrons. The Morgan fingerprint density at radius 2 is 1.96 bits per heavy atom. The zero-order valence-corrected chi connectivity index (χ0v) is 16.7. The molecule has 1 atom stereocenters. The van der Waals surface area contributed by atoms with Crippen molar-refractivity contribution in [2.45, 2.75) is 19.4 Å². The summed E-state index contributed by atoms with van der Waals surface area (Å²) in [6, 6.07) is 12.3. The number of carbonyl (C=O) groups excluding carboxylic acids is 1. The quantitative estimate of drug-likeness (QED) is 0.505. The van der Waals surface area contributed by atoms with Crippen molar-refractivity contribution >= 4 is 40.5 Å². The number of carbonyl (C=O) groups is 1. The summed E-state index contributed by atoms with van der Waals surface area (Å²) >= 11 is 11.2. The first-order chi connectivity index (χ1) is 13.5. The Morgan fingerprint density at radius 3 is 2.71 bits per heavy atom. The van der Waals surface area contributed by atoms with E-state index in [9.17, 15) is 4.79 Å². The van der Waals surface area contributed by atoms with E-state index in [0.717, 1.165) is 0 Å². The predicted octanol–water partition coefficient (Wildman–Crippen LogP) is 3.29. The zero-order chi connectivity index (χ0) is 19.9. The first kappa shape index (κ1) is 20.0. The number of fused-ring (bicyclic) bond motifs is 1. The van der Waals surface area contributed by atoms with Crippen molar-refractivity contribution in [2.75, 3.05) is 18.5 Å². The van der Waals surface area contributed by atoms with Gasteiger partial charge in [-0.15, -0.1) is 0 Å². The number of ether oxygens (including phenoxy) is 3. The van der Waals surface area contributed by atoms with Crippen molar-refractivity contribution in [1.82, 2.24) is 10.9 Å². The molecule has 0 bridgehead atoms. The Labute approximate surface area is 173 Å². The number of thiocarbonyl (C=S) groups is 1. The summed E-state index contributed by atoms with van der Waals surface area (Å²) in [6.07, 6.45) is -0.217. The Bertz CT molecular complexity index is 865. The fourth-order valence-corrected chi connectivity index (χ4v) is 2.86. The van der Waals surface area contributed by atoms with E-state index in [1.165, 1.54) is 0 Å². The second kappa shape index (κ2) is 9.48. The van der Waals surface area contributed by atoms with Crippen molar-refractivity contribution in [3.05, 3.63) is 47.5 Å². The van der Waals surface area contributed by atoms with Crippen LogP contribution in [0.5, 0.6) is 17.2 Å². The van der Waals surface area contributed by atoms with Gasteiger partial charge in [0.25, 0.3) is 5.91 Å². The average molecular weight is 422 g/mol. The van der Waals surface area contributed by atoms with Gasteiger partial charge in [-0.25, -0.2) is 0 Å². The second-order valence-electron chi connectivity index (χ2n) is 5.90. The molecule has 1 aliphatic heterocycles. The minimum absolute atomic E-state index is 0.225. The maximum absolute atomic E-state index is 12.4. The monoisotopic (exact) mass is 421 g/mol. The van der Waals surface area contributed by atoms with Crippen LogP contribution in [0.15, 0.2) is 42.5 Å². The normalized spacial score (nSPS) is 13.2. The summed E-state index contributed by atoms with van der Waals surface area (Å²) in [7, 11) is 0. The molecule has 0 aliphatic carbocycles. The van der Waals surface area contributed by atoms with Gasteiger partial charge in [0.2, 0.25) is 0 Å². The van der Waals surface area contributed by atoms with Gasteiger partial charge in [-0.3, -0.25) is 15.6 Å². The van der Waals surface area contributed by atoms with E-state index in [2.05, 4.69) is 16.2 Å². The lowest BCUT2D eigenvalue weighted by molar-refractivity contribution is -0.128. The van der Waals surface area contributed by atoms with Gasteiger partial charge in [0.1, 0.15) is 19.0 Å².